The van der Waals surface area contributed by atoms with Crippen molar-refractivity contribution in [2.75, 3.05) is 20.1 Å². The molecule has 2 heterocycles. The van der Waals surface area contributed by atoms with Crippen molar-refractivity contribution in [3.8, 4) is 0 Å². The molecule has 1 aromatic heterocycles. The third kappa shape index (κ3) is 2.96. The molecule has 2 N–H and O–H groups in total. The minimum absolute atomic E-state index is 0.0121. The first-order chi connectivity index (χ1) is 8.79. The van der Waals surface area contributed by atoms with Crippen LogP contribution in [0.4, 0.5) is 0 Å². The lowest BCUT2D eigenvalue weighted by Crippen LogP contribution is -2.36. The largest absolute Gasteiger partial charge is 0.477 e. The van der Waals surface area contributed by atoms with Gasteiger partial charge in [0.2, 0.25) is 10.0 Å². The first-order valence-electron chi connectivity index (χ1n) is 5.90. The zero-order valence-electron chi connectivity index (χ0n) is 10.8. The fraction of sp³-hybridized carbons (Fsp3) is 0.545. The van der Waals surface area contributed by atoms with Crippen LogP contribution < -0.4 is 4.72 Å². The Balaban J connectivity index is 2.20. The Kier molecular flexibility index (Phi) is 3.66. The number of carboxylic acids is 1. The molecule has 1 aromatic rings. The fourth-order valence-corrected chi connectivity index (χ4v) is 3.54. The predicted molar refractivity (Wildman–Crippen MR) is 68.6 cm³/mol. The second-order valence-electron chi connectivity index (χ2n) is 4.85. The number of sulfonamides is 1. The van der Waals surface area contributed by atoms with E-state index in [9.17, 15) is 13.2 Å². The number of likely N-dealkylation sites (tertiary alicyclic amines) is 1. The van der Waals surface area contributed by atoms with Gasteiger partial charge in [0.15, 0.2) is 0 Å². The Hall–Kier alpha value is -1.38. The standard InChI is InChI=1S/C11H17N3O4S/c1-13-4-3-8(6-13)12-19(17,18)9-5-10(11(15)16)14(2)7-9/h5,7-8,12H,3-4,6H2,1-2H3,(H,15,16). The number of hydrogen-bond donors (Lipinski definition) is 2. The summed E-state index contributed by atoms with van der Waals surface area (Å²) in [5, 5.41) is 8.92. The van der Waals surface area contributed by atoms with E-state index < -0.39 is 16.0 Å². The van der Waals surface area contributed by atoms with Crippen LogP contribution in [0.1, 0.15) is 16.9 Å². The number of nitrogens with one attached hydrogen (secondary N) is 1. The van der Waals surface area contributed by atoms with Gasteiger partial charge in [-0.05, 0) is 26.1 Å². The summed E-state index contributed by atoms with van der Waals surface area (Å²) >= 11 is 0. The fourth-order valence-electron chi connectivity index (χ4n) is 2.21. The molecule has 8 heteroatoms. The summed E-state index contributed by atoms with van der Waals surface area (Å²) in [6.07, 6.45) is 2.07. The third-order valence-corrected chi connectivity index (χ3v) is 4.71. The van der Waals surface area contributed by atoms with Crippen LogP contribution in [0.3, 0.4) is 0 Å². The van der Waals surface area contributed by atoms with Crippen molar-refractivity contribution in [1.29, 1.82) is 0 Å². The number of carboxylic acid groups (broad SMARTS) is 1. The zero-order chi connectivity index (χ0) is 14.2. The summed E-state index contributed by atoms with van der Waals surface area (Å²) < 4.78 is 28.2. The quantitative estimate of drug-likeness (QED) is 0.793. The monoisotopic (exact) mass is 287 g/mol. The number of aromatic nitrogens is 1. The number of aryl methyl sites for hydroxylation is 1. The van der Waals surface area contributed by atoms with Crippen LogP contribution >= 0.6 is 0 Å². The summed E-state index contributed by atoms with van der Waals surface area (Å²) in [5.41, 5.74) is -0.0519. The minimum atomic E-state index is -3.66. The molecule has 0 bridgehead atoms. The van der Waals surface area contributed by atoms with Gasteiger partial charge in [0, 0.05) is 25.8 Å². The Morgan fingerprint density at radius 1 is 1.47 bits per heavy atom. The highest BCUT2D eigenvalue weighted by Gasteiger charge is 2.27. The summed E-state index contributed by atoms with van der Waals surface area (Å²) in [7, 11) is -0.227. The molecule has 0 aromatic carbocycles. The Bertz CT molecular complexity index is 593. The lowest BCUT2D eigenvalue weighted by atomic mass is 10.3. The highest BCUT2D eigenvalue weighted by Crippen LogP contribution is 2.16. The second kappa shape index (κ2) is 4.95. The van der Waals surface area contributed by atoms with Crippen molar-refractivity contribution < 1.29 is 18.3 Å². The van der Waals surface area contributed by atoms with E-state index >= 15 is 0 Å². The smallest absolute Gasteiger partial charge is 0.352 e. The molecule has 1 saturated heterocycles. The van der Waals surface area contributed by atoms with Crippen LogP contribution in [0, 0.1) is 0 Å². The third-order valence-electron chi connectivity index (χ3n) is 3.22. The highest BCUT2D eigenvalue weighted by atomic mass is 32.2. The van der Waals surface area contributed by atoms with E-state index in [-0.39, 0.29) is 16.6 Å². The summed E-state index contributed by atoms with van der Waals surface area (Å²) in [6.45, 7) is 1.51. The van der Waals surface area contributed by atoms with Gasteiger partial charge >= 0.3 is 5.97 Å². The van der Waals surface area contributed by atoms with Crippen molar-refractivity contribution in [3.63, 3.8) is 0 Å². The summed E-state index contributed by atoms with van der Waals surface area (Å²) in [6, 6.07) is 1.05. The molecule has 0 aliphatic carbocycles. The van der Waals surface area contributed by atoms with Gasteiger partial charge in [-0.1, -0.05) is 0 Å². The van der Waals surface area contributed by atoms with Gasteiger partial charge in [-0.2, -0.15) is 0 Å². The lowest BCUT2D eigenvalue weighted by Gasteiger charge is -2.12. The molecular weight excluding hydrogens is 270 g/mol. The van der Waals surface area contributed by atoms with Crippen LogP contribution in [0.2, 0.25) is 0 Å². The van der Waals surface area contributed by atoms with Crippen LogP contribution in [0.15, 0.2) is 17.2 Å². The molecule has 2 rings (SSSR count). The van der Waals surface area contributed by atoms with Crippen LogP contribution in [0.5, 0.6) is 0 Å². The molecule has 1 unspecified atom stereocenters. The van der Waals surface area contributed by atoms with Gasteiger partial charge in [-0.25, -0.2) is 17.9 Å². The number of aromatic carboxylic acids is 1. The average molecular weight is 287 g/mol. The Morgan fingerprint density at radius 3 is 2.63 bits per heavy atom. The normalized spacial score (nSPS) is 20.8. The van der Waals surface area contributed by atoms with Gasteiger partial charge in [0.05, 0.1) is 0 Å². The molecule has 1 fully saturated rings. The van der Waals surface area contributed by atoms with Gasteiger partial charge in [0.1, 0.15) is 10.6 Å². The van der Waals surface area contributed by atoms with E-state index in [1.165, 1.54) is 23.9 Å². The van der Waals surface area contributed by atoms with Crippen molar-refractivity contribution in [3.05, 3.63) is 18.0 Å². The lowest BCUT2D eigenvalue weighted by molar-refractivity contribution is 0.0686. The number of nitrogens with zero attached hydrogens (tertiary/aromatic N) is 2. The van der Waals surface area contributed by atoms with E-state index in [0.29, 0.717) is 6.54 Å². The molecule has 0 radical (unpaired) electrons. The molecule has 1 aliphatic heterocycles. The van der Waals surface area contributed by atoms with Crippen LogP contribution in [-0.4, -0.2) is 55.1 Å². The minimum Gasteiger partial charge on any atom is -0.477 e. The molecular formula is C11H17N3O4S. The van der Waals surface area contributed by atoms with E-state index in [4.69, 9.17) is 5.11 Å². The maximum Gasteiger partial charge on any atom is 0.352 e. The first kappa shape index (κ1) is 14.0. The average Bonchev–Trinajstić information content (AvgIpc) is 2.84. The van der Waals surface area contributed by atoms with Crippen molar-refractivity contribution in [1.82, 2.24) is 14.2 Å². The number of likely N-dealkylation sites (N-methyl/N-ethyl adjacent to an activating group) is 1. The van der Waals surface area contributed by atoms with Gasteiger partial charge in [-0.3, -0.25) is 0 Å². The second-order valence-corrected chi connectivity index (χ2v) is 6.56. The highest BCUT2D eigenvalue weighted by molar-refractivity contribution is 7.89. The van der Waals surface area contributed by atoms with Gasteiger partial charge in [0.25, 0.3) is 0 Å². The first-order valence-corrected chi connectivity index (χ1v) is 7.38. The Morgan fingerprint density at radius 2 is 2.16 bits per heavy atom. The Labute approximate surface area is 111 Å². The summed E-state index contributed by atoms with van der Waals surface area (Å²) in [4.78, 5) is 12.9. The number of rotatable bonds is 4. The molecule has 0 amide bonds. The van der Waals surface area contributed by atoms with E-state index in [0.717, 1.165) is 13.0 Å². The van der Waals surface area contributed by atoms with E-state index in [1.54, 1.807) is 0 Å². The van der Waals surface area contributed by atoms with Gasteiger partial charge in [-0.15, -0.1) is 0 Å². The van der Waals surface area contributed by atoms with Crippen LogP contribution in [-0.2, 0) is 17.1 Å². The summed E-state index contributed by atoms with van der Waals surface area (Å²) in [5.74, 6) is -1.15. The topological polar surface area (TPSA) is 91.6 Å². The molecule has 19 heavy (non-hydrogen) atoms. The SMILES string of the molecule is CN1CCC(NS(=O)(=O)c2cc(C(=O)O)n(C)c2)C1. The van der Waals surface area contributed by atoms with Gasteiger partial charge < -0.3 is 14.6 Å². The van der Waals surface area contributed by atoms with Crippen molar-refractivity contribution in [2.45, 2.75) is 17.4 Å². The molecule has 1 atom stereocenters. The number of carbonyl (C=O) groups is 1. The van der Waals surface area contributed by atoms with Crippen molar-refractivity contribution in [2.24, 2.45) is 7.05 Å². The van der Waals surface area contributed by atoms with Crippen LogP contribution in [0.25, 0.3) is 0 Å². The maximum atomic E-state index is 12.1. The molecule has 7 nitrogen and oxygen atoms in total. The molecule has 0 saturated carbocycles. The zero-order valence-corrected chi connectivity index (χ0v) is 11.6. The number of hydrogen-bond acceptors (Lipinski definition) is 4. The predicted octanol–water partition coefficient (Wildman–Crippen LogP) is -0.294. The van der Waals surface area contributed by atoms with E-state index in [1.807, 2.05) is 11.9 Å². The molecule has 106 valence electrons. The maximum absolute atomic E-state index is 12.1. The molecule has 1 aliphatic rings. The van der Waals surface area contributed by atoms with E-state index in [2.05, 4.69) is 4.72 Å². The van der Waals surface area contributed by atoms with Crippen molar-refractivity contribution >= 4 is 16.0 Å². The molecule has 0 spiro atoms.